The SMILES string of the molecule is CCCC(CC)C(=O)NC1CCC1. The van der Waals surface area contributed by atoms with E-state index >= 15 is 0 Å². The van der Waals surface area contributed by atoms with Crippen molar-refractivity contribution < 1.29 is 4.79 Å². The highest BCUT2D eigenvalue weighted by molar-refractivity contribution is 5.78. The molecule has 1 aliphatic carbocycles. The first-order valence-corrected chi connectivity index (χ1v) is 5.58. The molecule has 1 saturated carbocycles. The Bertz CT molecular complexity index is 163. The smallest absolute Gasteiger partial charge is 0.223 e. The van der Waals surface area contributed by atoms with E-state index in [-0.39, 0.29) is 11.8 Å². The molecule has 0 aromatic rings. The Morgan fingerprint density at radius 1 is 1.46 bits per heavy atom. The first-order chi connectivity index (χ1) is 6.27. The Morgan fingerprint density at radius 3 is 2.54 bits per heavy atom. The zero-order valence-corrected chi connectivity index (χ0v) is 8.81. The summed E-state index contributed by atoms with van der Waals surface area (Å²) in [6.07, 6.45) is 6.79. The standard InChI is InChI=1S/C11H21NO/c1-3-6-9(4-2)11(13)12-10-7-5-8-10/h9-10H,3-8H2,1-2H3,(H,12,13). The van der Waals surface area contributed by atoms with Gasteiger partial charge in [-0.3, -0.25) is 4.79 Å². The maximum Gasteiger partial charge on any atom is 0.223 e. The molecule has 1 unspecified atom stereocenters. The van der Waals surface area contributed by atoms with Gasteiger partial charge < -0.3 is 5.32 Å². The van der Waals surface area contributed by atoms with Crippen LogP contribution in [0.1, 0.15) is 52.4 Å². The van der Waals surface area contributed by atoms with Crippen molar-refractivity contribution >= 4 is 5.91 Å². The molecule has 1 fully saturated rings. The molecule has 1 N–H and O–H groups in total. The highest BCUT2D eigenvalue weighted by Crippen LogP contribution is 2.19. The summed E-state index contributed by atoms with van der Waals surface area (Å²) in [4.78, 5) is 11.7. The highest BCUT2D eigenvalue weighted by atomic mass is 16.1. The van der Waals surface area contributed by atoms with Gasteiger partial charge >= 0.3 is 0 Å². The van der Waals surface area contributed by atoms with E-state index in [0.717, 1.165) is 19.3 Å². The molecule has 0 aromatic heterocycles. The number of carbonyl (C=O) groups is 1. The van der Waals surface area contributed by atoms with Crippen LogP contribution < -0.4 is 5.32 Å². The van der Waals surface area contributed by atoms with Crippen molar-refractivity contribution in [3.63, 3.8) is 0 Å². The van der Waals surface area contributed by atoms with Crippen molar-refractivity contribution in [2.75, 3.05) is 0 Å². The second-order valence-electron chi connectivity index (χ2n) is 4.03. The minimum absolute atomic E-state index is 0.255. The molecule has 0 heterocycles. The second-order valence-corrected chi connectivity index (χ2v) is 4.03. The molecule has 0 spiro atoms. The van der Waals surface area contributed by atoms with Crippen LogP contribution in [0.15, 0.2) is 0 Å². The van der Waals surface area contributed by atoms with Gasteiger partial charge in [-0.05, 0) is 32.1 Å². The summed E-state index contributed by atoms with van der Waals surface area (Å²) in [5, 5.41) is 3.11. The molecule has 0 aromatic carbocycles. The lowest BCUT2D eigenvalue weighted by Gasteiger charge is -2.28. The third-order valence-electron chi connectivity index (χ3n) is 2.95. The van der Waals surface area contributed by atoms with Crippen LogP contribution in [0, 0.1) is 5.92 Å². The summed E-state index contributed by atoms with van der Waals surface area (Å²) in [5.74, 6) is 0.541. The van der Waals surface area contributed by atoms with Crippen molar-refractivity contribution in [3.05, 3.63) is 0 Å². The van der Waals surface area contributed by atoms with E-state index in [0.29, 0.717) is 6.04 Å². The third kappa shape index (κ3) is 3.02. The van der Waals surface area contributed by atoms with Gasteiger partial charge in [0.05, 0.1) is 0 Å². The van der Waals surface area contributed by atoms with E-state index in [9.17, 15) is 4.79 Å². The van der Waals surface area contributed by atoms with Crippen LogP contribution in [-0.4, -0.2) is 11.9 Å². The first-order valence-electron chi connectivity index (χ1n) is 5.58. The minimum Gasteiger partial charge on any atom is -0.353 e. The number of amides is 1. The van der Waals surface area contributed by atoms with Crippen molar-refractivity contribution in [1.29, 1.82) is 0 Å². The summed E-state index contributed by atoms with van der Waals surface area (Å²) in [5.41, 5.74) is 0. The van der Waals surface area contributed by atoms with Gasteiger partial charge in [-0.15, -0.1) is 0 Å². The Morgan fingerprint density at radius 2 is 2.15 bits per heavy atom. The van der Waals surface area contributed by atoms with Gasteiger partial charge in [-0.25, -0.2) is 0 Å². The van der Waals surface area contributed by atoms with Crippen molar-refractivity contribution in [3.8, 4) is 0 Å². The third-order valence-corrected chi connectivity index (χ3v) is 2.95. The molecule has 1 aliphatic rings. The molecule has 0 bridgehead atoms. The van der Waals surface area contributed by atoms with Crippen LogP contribution in [-0.2, 0) is 4.79 Å². The first kappa shape index (κ1) is 10.6. The van der Waals surface area contributed by atoms with E-state index < -0.39 is 0 Å². The van der Waals surface area contributed by atoms with Crippen LogP contribution in [0.2, 0.25) is 0 Å². The van der Waals surface area contributed by atoms with E-state index in [1.54, 1.807) is 0 Å². The summed E-state index contributed by atoms with van der Waals surface area (Å²) in [7, 11) is 0. The Balaban J connectivity index is 2.25. The molecule has 13 heavy (non-hydrogen) atoms. The zero-order chi connectivity index (χ0) is 9.68. The topological polar surface area (TPSA) is 29.1 Å². The molecule has 1 amide bonds. The molecule has 2 nitrogen and oxygen atoms in total. The van der Waals surface area contributed by atoms with Crippen molar-refractivity contribution in [2.24, 2.45) is 5.92 Å². The fourth-order valence-corrected chi connectivity index (χ4v) is 1.74. The fraction of sp³-hybridized carbons (Fsp3) is 0.909. The number of hydrogen-bond donors (Lipinski definition) is 1. The maximum absolute atomic E-state index is 11.7. The monoisotopic (exact) mass is 183 g/mol. The summed E-state index contributed by atoms with van der Waals surface area (Å²) < 4.78 is 0. The van der Waals surface area contributed by atoms with Crippen LogP contribution in [0.3, 0.4) is 0 Å². The van der Waals surface area contributed by atoms with Crippen molar-refractivity contribution in [2.45, 2.75) is 58.4 Å². The van der Waals surface area contributed by atoms with Crippen molar-refractivity contribution in [1.82, 2.24) is 5.32 Å². The second kappa shape index (κ2) is 5.25. The molecule has 1 atom stereocenters. The van der Waals surface area contributed by atoms with Gasteiger partial charge in [0.25, 0.3) is 0 Å². The predicted molar refractivity (Wildman–Crippen MR) is 54.5 cm³/mol. The summed E-state index contributed by atoms with van der Waals surface area (Å²) >= 11 is 0. The average Bonchev–Trinajstić information content (AvgIpc) is 2.07. The number of hydrogen-bond acceptors (Lipinski definition) is 1. The largest absolute Gasteiger partial charge is 0.353 e. The fourth-order valence-electron chi connectivity index (χ4n) is 1.74. The Labute approximate surface area is 81.1 Å². The molecule has 0 aliphatic heterocycles. The average molecular weight is 183 g/mol. The molecular weight excluding hydrogens is 162 g/mol. The quantitative estimate of drug-likeness (QED) is 0.697. The Kier molecular flexibility index (Phi) is 4.26. The number of rotatable bonds is 5. The lowest BCUT2D eigenvalue weighted by atomic mass is 9.91. The molecular formula is C11H21NO. The van der Waals surface area contributed by atoms with Gasteiger partial charge in [0, 0.05) is 12.0 Å². The summed E-state index contributed by atoms with van der Waals surface area (Å²) in [6.45, 7) is 4.24. The Hall–Kier alpha value is -0.530. The molecule has 76 valence electrons. The highest BCUT2D eigenvalue weighted by Gasteiger charge is 2.22. The lowest BCUT2D eigenvalue weighted by Crippen LogP contribution is -2.42. The van der Waals surface area contributed by atoms with E-state index in [4.69, 9.17) is 0 Å². The molecule has 0 radical (unpaired) electrons. The van der Waals surface area contributed by atoms with Gasteiger partial charge in [-0.1, -0.05) is 20.3 Å². The maximum atomic E-state index is 11.7. The zero-order valence-electron chi connectivity index (χ0n) is 8.81. The number of carbonyl (C=O) groups excluding carboxylic acids is 1. The van der Waals surface area contributed by atoms with Gasteiger partial charge in [-0.2, -0.15) is 0 Å². The summed E-state index contributed by atoms with van der Waals surface area (Å²) in [6, 6.07) is 0.499. The van der Waals surface area contributed by atoms with Crippen LogP contribution in [0.25, 0.3) is 0 Å². The lowest BCUT2D eigenvalue weighted by molar-refractivity contribution is -0.126. The van der Waals surface area contributed by atoms with Crippen LogP contribution >= 0.6 is 0 Å². The minimum atomic E-state index is 0.255. The van der Waals surface area contributed by atoms with Crippen LogP contribution in [0.5, 0.6) is 0 Å². The molecule has 0 saturated heterocycles. The number of nitrogens with one attached hydrogen (secondary N) is 1. The molecule has 2 heteroatoms. The molecule has 1 rings (SSSR count). The van der Waals surface area contributed by atoms with E-state index in [2.05, 4.69) is 19.2 Å². The van der Waals surface area contributed by atoms with E-state index in [1.165, 1.54) is 19.3 Å². The van der Waals surface area contributed by atoms with Gasteiger partial charge in [0.2, 0.25) is 5.91 Å². The van der Waals surface area contributed by atoms with Crippen LogP contribution in [0.4, 0.5) is 0 Å². The van der Waals surface area contributed by atoms with Gasteiger partial charge in [0.15, 0.2) is 0 Å². The predicted octanol–water partition coefficient (Wildman–Crippen LogP) is 2.48. The van der Waals surface area contributed by atoms with Gasteiger partial charge in [0.1, 0.15) is 0 Å². The van der Waals surface area contributed by atoms with E-state index in [1.807, 2.05) is 0 Å². The normalized spacial score (nSPS) is 19.2.